The van der Waals surface area contributed by atoms with Crippen LogP contribution < -0.4 is 0 Å². The first-order valence-corrected chi connectivity index (χ1v) is 8.53. The largest absolute Gasteiger partial charge is 0.481 e. The first kappa shape index (κ1) is 18.0. The molecule has 0 saturated heterocycles. The number of esters is 1. The predicted molar refractivity (Wildman–Crippen MR) is 82.0 cm³/mol. The second kappa shape index (κ2) is 9.80. The number of carbonyl (C=O) groups is 2. The number of ether oxygens (including phenoxy) is 1. The first-order chi connectivity index (χ1) is 10.1. The fourth-order valence-electron chi connectivity index (χ4n) is 3.09. The van der Waals surface area contributed by atoms with Gasteiger partial charge in [0, 0.05) is 0 Å². The summed E-state index contributed by atoms with van der Waals surface area (Å²) in [6.07, 6.45) is 9.11. The highest BCUT2D eigenvalue weighted by molar-refractivity contribution is 5.81. The van der Waals surface area contributed by atoms with Gasteiger partial charge in [0.15, 0.2) is 0 Å². The summed E-state index contributed by atoms with van der Waals surface area (Å²) in [5, 5.41) is 9.27. The SMILES string of the molecule is CCCCC(CCCC)OC(=O)C1CCCCC1C(=O)O. The van der Waals surface area contributed by atoms with Crippen LogP contribution in [0.3, 0.4) is 0 Å². The van der Waals surface area contributed by atoms with Crippen molar-refractivity contribution < 1.29 is 19.4 Å². The molecule has 0 aliphatic heterocycles. The summed E-state index contributed by atoms with van der Waals surface area (Å²) in [5.41, 5.74) is 0. The summed E-state index contributed by atoms with van der Waals surface area (Å²) in [5.74, 6) is -2.12. The molecule has 1 N–H and O–H groups in total. The zero-order valence-corrected chi connectivity index (χ0v) is 13.5. The standard InChI is InChI=1S/C17H30O4/c1-3-5-9-13(10-6-4-2)21-17(20)15-12-8-7-11-14(15)16(18)19/h13-15H,3-12H2,1-2H3,(H,18,19). The molecular formula is C17H30O4. The average Bonchev–Trinajstić information content (AvgIpc) is 2.49. The molecule has 0 aromatic rings. The molecule has 0 heterocycles. The summed E-state index contributed by atoms with van der Waals surface area (Å²) >= 11 is 0. The second-order valence-corrected chi connectivity index (χ2v) is 6.18. The third kappa shape index (κ3) is 6.06. The van der Waals surface area contributed by atoms with Crippen LogP contribution in [0.1, 0.15) is 78.1 Å². The van der Waals surface area contributed by atoms with Gasteiger partial charge in [0.25, 0.3) is 0 Å². The maximum Gasteiger partial charge on any atom is 0.310 e. The second-order valence-electron chi connectivity index (χ2n) is 6.18. The Labute approximate surface area is 128 Å². The molecule has 0 bridgehead atoms. The van der Waals surface area contributed by atoms with Crippen LogP contribution in [0.15, 0.2) is 0 Å². The molecule has 4 nitrogen and oxygen atoms in total. The van der Waals surface area contributed by atoms with E-state index < -0.39 is 17.8 Å². The zero-order chi connectivity index (χ0) is 15.7. The molecule has 1 aliphatic rings. The molecule has 0 amide bonds. The van der Waals surface area contributed by atoms with E-state index in [-0.39, 0.29) is 12.1 Å². The van der Waals surface area contributed by atoms with Gasteiger partial charge in [0.2, 0.25) is 0 Å². The summed E-state index contributed by atoms with van der Waals surface area (Å²) in [6, 6.07) is 0. The smallest absolute Gasteiger partial charge is 0.310 e. The van der Waals surface area contributed by atoms with E-state index in [1.165, 1.54) is 0 Å². The Kier molecular flexibility index (Phi) is 8.40. The van der Waals surface area contributed by atoms with E-state index in [1.807, 2.05) is 0 Å². The zero-order valence-electron chi connectivity index (χ0n) is 13.5. The Bertz CT molecular complexity index is 319. The Balaban J connectivity index is 2.58. The lowest BCUT2D eigenvalue weighted by atomic mass is 9.79. The van der Waals surface area contributed by atoms with Gasteiger partial charge in [-0.15, -0.1) is 0 Å². The number of rotatable bonds is 9. The highest BCUT2D eigenvalue weighted by atomic mass is 16.5. The Morgan fingerprint density at radius 2 is 1.57 bits per heavy atom. The van der Waals surface area contributed by atoms with E-state index >= 15 is 0 Å². The minimum atomic E-state index is -0.852. The highest BCUT2D eigenvalue weighted by Gasteiger charge is 2.37. The summed E-state index contributed by atoms with van der Waals surface area (Å²) in [7, 11) is 0. The molecular weight excluding hydrogens is 268 g/mol. The molecule has 1 saturated carbocycles. The lowest BCUT2D eigenvalue weighted by molar-refractivity contribution is -0.164. The van der Waals surface area contributed by atoms with Crippen LogP contribution in [-0.4, -0.2) is 23.1 Å². The van der Waals surface area contributed by atoms with Crippen molar-refractivity contribution in [3.05, 3.63) is 0 Å². The van der Waals surface area contributed by atoms with E-state index in [9.17, 15) is 14.7 Å². The minimum absolute atomic E-state index is 0.0335. The van der Waals surface area contributed by atoms with Crippen molar-refractivity contribution in [3.63, 3.8) is 0 Å². The van der Waals surface area contributed by atoms with Gasteiger partial charge in [-0.05, 0) is 25.7 Å². The molecule has 2 atom stereocenters. The normalized spacial score (nSPS) is 22.2. The van der Waals surface area contributed by atoms with Gasteiger partial charge in [-0.3, -0.25) is 9.59 Å². The van der Waals surface area contributed by atoms with Crippen molar-refractivity contribution in [1.82, 2.24) is 0 Å². The highest BCUT2D eigenvalue weighted by Crippen LogP contribution is 2.32. The molecule has 1 rings (SSSR count). The summed E-state index contributed by atoms with van der Waals surface area (Å²) in [4.78, 5) is 23.7. The van der Waals surface area contributed by atoms with Gasteiger partial charge in [-0.25, -0.2) is 0 Å². The van der Waals surface area contributed by atoms with Gasteiger partial charge in [0.1, 0.15) is 6.10 Å². The lowest BCUT2D eigenvalue weighted by Gasteiger charge is -2.28. The first-order valence-electron chi connectivity index (χ1n) is 8.53. The quantitative estimate of drug-likeness (QED) is 0.649. The third-order valence-corrected chi connectivity index (χ3v) is 4.43. The molecule has 2 unspecified atom stereocenters. The molecule has 21 heavy (non-hydrogen) atoms. The van der Waals surface area contributed by atoms with E-state index in [0.717, 1.165) is 51.4 Å². The molecule has 1 aliphatic carbocycles. The van der Waals surface area contributed by atoms with Gasteiger partial charge >= 0.3 is 11.9 Å². The molecule has 4 heteroatoms. The van der Waals surface area contributed by atoms with Crippen molar-refractivity contribution in [2.75, 3.05) is 0 Å². The van der Waals surface area contributed by atoms with Crippen molar-refractivity contribution in [1.29, 1.82) is 0 Å². The summed E-state index contributed by atoms with van der Waals surface area (Å²) in [6.45, 7) is 4.25. The van der Waals surface area contributed by atoms with E-state index in [0.29, 0.717) is 12.8 Å². The molecule has 122 valence electrons. The van der Waals surface area contributed by atoms with Crippen LogP contribution in [-0.2, 0) is 14.3 Å². The minimum Gasteiger partial charge on any atom is -0.481 e. The number of aliphatic carboxylic acids is 1. The predicted octanol–water partition coefficient (Wildman–Crippen LogP) is 4.17. The molecule has 0 aromatic heterocycles. The van der Waals surface area contributed by atoms with E-state index in [2.05, 4.69) is 13.8 Å². The Morgan fingerprint density at radius 3 is 2.05 bits per heavy atom. The summed E-state index contributed by atoms with van der Waals surface area (Å²) < 4.78 is 5.67. The lowest BCUT2D eigenvalue weighted by Crippen LogP contribution is -2.35. The third-order valence-electron chi connectivity index (χ3n) is 4.43. The Morgan fingerprint density at radius 1 is 1.05 bits per heavy atom. The molecule has 0 radical (unpaired) electrons. The number of hydrogen-bond donors (Lipinski definition) is 1. The van der Waals surface area contributed by atoms with Gasteiger partial charge in [-0.2, -0.15) is 0 Å². The fourth-order valence-corrected chi connectivity index (χ4v) is 3.09. The number of carboxylic acid groups (broad SMARTS) is 1. The number of unbranched alkanes of at least 4 members (excludes halogenated alkanes) is 2. The van der Waals surface area contributed by atoms with E-state index in [4.69, 9.17) is 4.74 Å². The van der Waals surface area contributed by atoms with Crippen molar-refractivity contribution in [3.8, 4) is 0 Å². The molecule has 0 aromatic carbocycles. The molecule has 0 spiro atoms. The van der Waals surface area contributed by atoms with Crippen molar-refractivity contribution in [2.45, 2.75) is 84.2 Å². The Hall–Kier alpha value is -1.06. The van der Waals surface area contributed by atoms with Crippen LogP contribution in [0, 0.1) is 11.8 Å². The topological polar surface area (TPSA) is 63.6 Å². The van der Waals surface area contributed by atoms with Crippen LogP contribution >= 0.6 is 0 Å². The van der Waals surface area contributed by atoms with Gasteiger partial charge in [0.05, 0.1) is 11.8 Å². The molecule has 1 fully saturated rings. The van der Waals surface area contributed by atoms with Crippen molar-refractivity contribution in [2.24, 2.45) is 11.8 Å². The van der Waals surface area contributed by atoms with Crippen LogP contribution in [0.2, 0.25) is 0 Å². The van der Waals surface area contributed by atoms with E-state index in [1.54, 1.807) is 0 Å². The maximum atomic E-state index is 12.4. The van der Waals surface area contributed by atoms with Gasteiger partial charge < -0.3 is 9.84 Å². The number of carbonyl (C=O) groups excluding carboxylic acids is 1. The fraction of sp³-hybridized carbons (Fsp3) is 0.882. The van der Waals surface area contributed by atoms with Gasteiger partial charge in [-0.1, -0.05) is 52.4 Å². The van der Waals surface area contributed by atoms with Crippen LogP contribution in [0.5, 0.6) is 0 Å². The average molecular weight is 298 g/mol. The number of carboxylic acids is 1. The maximum absolute atomic E-state index is 12.4. The van der Waals surface area contributed by atoms with Crippen LogP contribution in [0.25, 0.3) is 0 Å². The number of hydrogen-bond acceptors (Lipinski definition) is 3. The van der Waals surface area contributed by atoms with Crippen molar-refractivity contribution >= 4 is 11.9 Å². The van der Waals surface area contributed by atoms with Crippen LogP contribution in [0.4, 0.5) is 0 Å². The monoisotopic (exact) mass is 298 g/mol.